The first-order valence-electron chi connectivity index (χ1n) is 9.85. The first kappa shape index (κ1) is 25.6. The molecule has 1 amide bonds. The van der Waals surface area contributed by atoms with E-state index in [4.69, 9.17) is 4.74 Å². The molecule has 32 heavy (non-hydrogen) atoms. The summed E-state index contributed by atoms with van der Waals surface area (Å²) in [4.78, 5) is 12.4. The van der Waals surface area contributed by atoms with Gasteiger partial charge in [-0.05, 0) is 54.8 Å². The number of anilines is 1. The van der Waals surface area contributed by atoms with Crippen molar-refractivity contribution in [3.05, 3.63) is 54.1 Å². The second-order valence-corrected chi connectivity index (χ2v) is 11.4. The Kier molecular flexibility index (Phi) is 8.65. The minimum atomic E-state index is -3.76. The lowest BCUT2D eigenvalue weighted by atomic mass is 10.1. The predicted octanol–water partition coefficient (Wildman–Crippen LogP) is 1.46. The molecule has 2 rings (SSSR count). The summed E-state index contributed by atoms with van der Waals surface area (Å²) in [5.41, 5.74) is 1.28. The average Bonchev–Trinajstić information content (AvgIpc) is 2.74. The van der Waals surface area contributed by atoms with Crippen LogP contribution < -0.4 is 14.4 Å². The van der Waals surface area contributed by atoms with E-state index in [0.29, 0.717) is 13.0 Å². The van der Waals surface area contributed by atoms with Crippen molar-refractivity contribution in [2.24, 2.45) is 0 Å². The number of nitrogens with one attached hydrogen (secondary N) is 1. The summed E-state index contributed by atoms with van der Waals surface area (Å²) in [6.45, 7) is -0.0224. The van der Waals surface area contributed by atoms with E-state index in [-0.39, 0.29) is 10.6 Å². The Morgan fingerprint density at radius 3 is 2.25 bits per heavy atom. The molecule has 0 heterocycles. The smallest absolute Gasteiger partial charge is 0.242 e. The summed E-state index contributed by atoms with van der Waals surface area (Å²) in [6.07, 6.45) is 2.40. The predicted molar refractivity (Wildman–Crippen MR) is 124 cm³/mol. The molecule has 0 aliphatic heterocycles. The lowest BCUT2D eigenvalue weighted by Crippen LogP contribution is -2.40. The largest absolute Gasteiger partial charge is 0.497 e. The second kappa shape index (κ2) is 10.8. The molecule has 9 nitrogen and oxygen atoms in total. The summed E-state index contributed by atoms with van der Waals surface area (Å²) >= 11 is 0. The van der Waals surface area contributed by atoms with Crippen molar-refractivity contribution < 1.29 is 26.4 Å². The van der Waals surface area contributed by atoms with E-state index in [1.807, 2.05) is 24.3 Å². The van der Waals surface area contributed by atoms with Crippen LogP contribution in [0.2, 0.25) is 0 Å². The van der Waals surface area contributed by atoms with Crippen LogP contribution in [-0.2, 0) is 31.3 Å². The van der Waals surface area contributed by atoms with E-state index < -0.39 is 32.5 Å². The van der Waals surface area contributed by atoms with Crippen LogP contribution in [0.15, 0.2) is 53.4 Å². The Bertz CT molecular complexity index is 1130. The summed E-state index contributed by atoms with van der Waals surface area (Å²) in [6, 6.07) is 13.0. The molecule has 0 aromatic heterocycles. The van der Waals surface area contributed by atoms with Crippen LogP contribution in [0.4, 0.5) is 5.69 Å². The Balaban J connectivity index is 1.99. The number of nitrogens with zero attached hydrogens (tertiary/aromatic N) is 2. The average molecular weight is 484 g/mol. The SMILES string of the molecule is COc1cccc(CCCNC(=O)CN(c2ccc(S(=O)(=O)N(C)C)cc2)S(C)(=O)=O)c1. The highest BCUT2D eigenvalue weighted by Gasteiger charge is 2.22. The van der Waals surface area contributed by atoms with E-state index in [1.54, 1.807) is 7.11 Å². The van der Waals surface area contributed by atoms with E-state index in [2.05, 4.69) is 5.32 Å². The number of carbonyl (C=O) groups excluding carboxylic acids is 1. The quantitative estimate of drug-likeness (QED) is 0.484. The summed E-state index contributed by atoms with van der Waals surface area (Å²) in [7, 11) is -2.99. The molecule has 0 radical (unpaired) electrons. The van der Waals surface area contributed by atoms with E-state index >= 15 is 0 Å². The van der Waals surface area contributed by atoms with Crippen LogP contribution in [0.25, 0.3) is 0 Å². The van der Waals surface area contributed by atoms with Gasteiger partial charge in [-0.15, -0.1) is 0 Å². The summed E-state index contributed by atoms with van der Waals surface area (Å²) in [5.74, 6) is 0.311. The molecular formula is C21H29N3O6S2. The Morgan fingerprint density at radius 1 is 1.03 bits per heavy atom. The fourth-order valence-electron chi connectivity index (χ4n) is 2.93. The maximum absolute atomic E-state index is 12.4. The number of carbonyl (C=O) groups is 1. The zero-order chi connectivity index (χ0) is 23.9. The van der Waals surface area contributed by atoms with Crippen LogP contribution in [0.1, 0.15) is 12.0 Å². The van der Waals surface area contributed by atoms with E-state index in [9.17, 15) is 21.6 Å². The highest BCUT2D eigenvalue weighted by atomic mass is 32.2. The molecule has 0 aliphatic rings. The van der Waals surface area contributed by atoms with Crippen LogP contribution in [-0.4, -0.2) is 67.6 Å². The Hall–Kier alpha value is -2.63. The number of benzene rings is 2. The summed E-state index contributed by atoms with van der Waals surface area (Å²) < 4.78 is 56.1. The van der Waals surface area contributed by atoms with Gasteiger partial charge in [-0.3, -0.25) is 9.10 Å². The van der Waals surface area contributed by atoms with Crippen molar-refractivity contribution >= 4 is 31.6 Å². The zero-order valence-corrected chi connectivity index (χ0v) is 20.2. The van der Waals surface area contributed by atoms with Gasteiger partial charge in [-0.1, -0.05) is 12.1 Å². The lowest BCUT2D eigenvalue weighted by molar-refractivity contribution is -0.119. The highest BCUT2D eigenvalue weighted by Crippen LogP contribution is 2.21. The number of hydrogen-bond donors (Lipinski definition) is 1. The first-order chi connectivity index (χ1) is 14.9. The molecule has 11 heteroatoms. The summed E-state index contributed by atoms with van der Waals surface area (Å²) in [5, 5.41) is 2.73. The minimum absolute atomic E-state index is 0.0293. The standard InChI is InChI=1S/C21H29N3O6S2/c1-23(2)32(28,29)20-12-10-18(11-13-20)24(31(4,26)27)16-21(25)22-14-6-8-17-7-5-9-19(15-17)30-3/h5,7,9-13,15H,6,8,14,16H2,1-4H3,(H,22,25). The van der Waals surface area contributed by atoms with Crippen LogP contribution in [0.5, 0.6) is 5.75 Å². The van der Waals surface area contributed by atoms with E-state index in [1.165, 1.54) is 38.4 Å². The van der Waals surface area contributed by atoms with Gasteiger partial charge in [0.2, 0.25) is 26.0 Å². The molecule has 1 N–H and O–H groups in total. The maximum atomic E-state index is 12.4. The zero-order valence-electron chi connectivity index (χ0n) is 18.6. The van der Waals surface area contributed by atoms with Crippen molar-refractivity contribution in [3.63, 3.8) is 0 Å². The van der Waals surface area contributed by atoms with Gasteiger partial charge in [0.1, 0.15) is 12.3 Å². The normalized spacial score (nSPS) is 11.9. The van der Waals surface area contributed by atoms with Gasteiger partial charge in [0, 0.05) is 20.6 Å². The van der Waals surface area contributed by atoms with E-state index in [0.717, 1.165) is 32.6 Å². The van der Waals surface area contributed by atoms with Crippen molar-refractivity contribution in [2.45, 2.75) is 17.7 Å². The van der Waals surface area contributed by atoms with Crippen molar-refractivity contribution in [2.75, 3.05) is 44.9 Å². The topological polar surface area (TPSA) is 113 Å². The molecule has 176 valence electrons. The molecule has 0 saturated carbocycles. The van der Waals surface area contributed by atoms with Crippen molar-refractivity contribution in [3.8, 4) is 5.75 Å². The molecule has 0 spiro atoms. The van der Waals surface area contributed by atoms with Crippen molar-refractivity contribution in [1.29, 1.82) is 0 Å². The fourth-order valence-corrected chi connectivity index (χ4v) is 4.69. The number of aryl methyl sites for hydroxylation is 1. The third-order valence-corrected chi connectivity index (χ3v) is 7.66. The van der Waals surface area contributed by atoms with Gasteiger partial charge in [-0.25, -0.2) is 21.1 Å². The van der Waals surface area contributed by atoms with Gasteiger partial charge >= 0.3 is 0 Å². The number of amides is 1. The number of hydrogen-bond acceptors (Lipinski definition) is 6. The molecule has 0 saturated heterocycles. The molecule has 0 aliphatic carbocycles. The monoisotopic (exact) mass is 483 g/mol. The van der Waals surface area contributed by atoms with Gasteiger partial charge in [0.25, 0.3) is 0 Å². The molecule has 0 fully saturated rings. The molecule has 0 bridgehead atoms. The second-order valence-electron chi connectivity index (χ2n) is 7.36. The third-order valence-electron chi connectivity index (χ3n) is 4.69. The fraction of sp³-hybridized carbons (Fsp3) is 0.381. The minimum Gasteiger partial charge on any atom is -0.497 e. The third kappa shape index (κ3) is 6.94. The van der Waals surface area contributed by atoms with Gasteiger partial charge in [-0.2, -0.15) is 0 Å². The number of methoxy groups -OCH3 is 1. The lowest BCUT2D eigenvalue weighted by Gasteiger charge is -2.22. The molecule has 2 aromatic rings. The Morgan fingerprint density at radius 2 is 1.69 bits per heavy atom. The van der Waals surface area contributed by atoms with Gasteiger partial charge < -0.3 is 10.1 Å². The van der Waals surface area contributed by atoms with Crippen LogP contribution >= 0.6 is 0 Å². The van der Waals surface area contributed by atoms with Crippen LogP contribution in [0.3, 0.4) is 0 Å². The van der Waals surface area contributed by atoms with Crippen LogP contribution in [0, 0.1) is 0 Å². The molecule has 0 atom stereocenters. The highest BCUT2D eigenvalue weighted by molar-refractivity contribution is 7.92. The Labute approximate surface area is 190 Å². The van der Waals surface area contributed by atoms with Gasteiger partial charge in [0.15, 0.2) is 0 Å². The number of rotatable bonds is 11. The number of sulfonamides is 2. The van der Waals surface area contributed by atoms with Gasteiger partial charge in [0.05, 0.1) is 23.9 Å². The molecule has 2 aromatic carbocycles. The molecule has 0 unspecified atom stereocenters. The number of ether oxygens (including phenoxy) is 1. The van der Waals surface area contributed by atoms with Crippen molar-refractivity contribution in [1.82, 2.24) is 9.62 Å². The maximum Gasteiger partial charge on any atom is 0.242 e. The molecular weight excluding hydrogens is 454 g/mol. The first-order valence-corrected chi connectivity index (χ1v) is 13.1.